The molecule has 0 atom stereocenters. The van der Waals surface area contributed by atoms with Gasteiger partial charge in [-0.05, 0) is 31.5 Å². The fraction of sp³-hybridized carbons (Fsp3) is 0.500. The number of amides is 1. The first-order valence-corrected chi connectivity index (χ1v) is 6.94. The van der Waals surface area contributed by atoms with Crippen LogP contribution in [0, 0.1) is 0 Å². The predicted octanol–water partition coefficient (Wildman–Crippen LogP) is 3.19. The zero-order valence-electron chi connectivity index (χ0n) is 11.4. The van der Waals surface area contributed by atoms with E-state index >= 15 is 0 Å². The van der Waals surface area contributed by atoms with E-state index in [2.05, 4.69) is 5.32 Å². The third-order valence-corrected chi connectivity index (χ3v) is 2.66. The van der Waals surface area contributed by atoms with Crippen LogP contribution in [0.4, 0.5) is 5.69 Å². The van der Waals surface area contributed by atoms with E-state index in [0.29, 0.717) is 24.8 Å². The Balaban J connectivity index is 2.61. The highest BCUT2D eigenvalue weighted by atomic mass is 35.5. The van der Waals surface area contributed by atoms with Gasteiger partial charge in [-0.3, -0.25) is 4.79 Å². The van der Waals surface area contributed by atoms with Crippen LogP contribution >= 0.6 is 11.6 Å². The standard InChI is InChI=1S/C14H20ClNO3/c1-3-7-18-10-14(17)16-12-5-6-13(19-4-2)11(8-12)9-15/h5-6,8H,3-4,7,9-10H2,1-2H3,(H,16,17). The zero-order chi connectivity index (χ0) is 14.1. The van der Waals surface area contributed by atoms with Gasteiger partial charge in [0.25, 0.3) is 0 Å². The summed E-state index contributed by atoms with van der Waals surface area (Å²) in [4.78, 5) is 11.6. The highest BCUT2D eigenvalue weighted by Crippen LogP contribution is 2.24. The van der Waals surface area contributed by atoms with Gasteiger partial charge in [-0.2, -0.15) is 0 Å². The largest absolute Gasteiger partial charge is 0.494 e. The molecule has 0 saturated carbocycles. The Kier molecular flexibility index (Phi) is 7.30. The Labute approximate surface area is 119 Å². The summed E-state index contributed by atoms with van der Waals surface area (Å²) >= 11 is 5.86. The average Bonchev–Trinajstić information content (AvgIpc) is 2.41. The summed E-state index contributed by atoms with van der Waals surface area (Å²) in [5, 5.41) is 2.77. The van der Waals surface area contributed by atoms with Crippen LogP contribution in [0.2, 0.25) is 0 Å². The molecular formula is C14H20ClNO3. The van der Waals surface area contributed by atoms with E-state index in [4.69, 9.17) is 21.1 Å². The second-order valence-corrected chi connectivity index (χ2v) is 4.26. The molecule has 1 amide bonds. The molecule has 1 aromatic rings. The SMILES string of the molecule is CCCOCC(=O)Nc1ccc(OCC)c(CCl)c1. The van der Waals surface area contributed by atoms with Crippen LogP contribution < -0.4 is 10.1 Å². The van der Waals surface area contributed by atoms with E-state index in [1.807, 2.05) is 26.0 Å². The summed E-state index contributed by atoms with van der Waals surface area (Å²) in [6.45, 7) is 5.15. The van der Waals surface area contributed by atoms with Crippen LogP contribution in [0.1, 0.15) is 25.8 Å². The summed E-state index contributed by atoms with van der Waals surface area (Å²) in [6, 6.07) is 5.41. The number of halogens is 1. The molecule has 106 valence electrons. The van der Waals surface area contributed by atoms with E-state index in [9.17, 15) is 4.79 Å². The lowest BCUT2D eigenvalue weighted by atomic mass is 10.2. The Hall–Kier alpha value is -1.26. The molecule has 0 aliphatic rings. The molecule has 0 aliphatic heterocycles. The Bertz CT molecular complexity index is 410. The summed E-state index contributed by atoms with van der Waals surface area (Å²) in [5.74, 6) is 0.918. The van der Waals surface area contributed by atoms with Crippen molar-refractivity contribution in [2.45, 2.75) is 26.1 Å². The summed E-state index contributed by atoms with van der Waals surface area (Å²) in [5.41, 5.74) is 1.56. The van der Waals surface area contributed by atoms with Crippen molar-refractivity contribution in [1.29, 1.82) is 0 Å². The maximum Gasteiger partial charge on any atom is 0.250 e. The molecular weight excluding hydrogens is 266 g/mol. The van der Waals surface area contributed by atoms with Crippen molar-refractivity contribution in [3.63, 3.8) is 0 Å². The summed E-state index contributed by atoms with van der Waals surface area (Å²) in [6.07, 6.45) is 0.896. The van der Waals surface area contributed by atoms with Crippen molar-refractivity contribution in [2.24, 2.45) is 0 Å². The molecule has 0 fully saturated rings. The number of alkyl halides is 1. The van der Waals surface area contributed by atoms with Gasteiger partial charge in [-0.1, -0.05) is 6.92 Å². The second kappa shape index (κ2) is 8.77. The number of benzene rings is 1. The highest BCUT2D eigenvalue weighted by Gasteiger charge is 2.07. The van der Waals surface area contributed by atoms with E-state index in [-0.39, 0.29) is 12.5 Å². The molecule has 4 nitrogen and oxygen atoms in total. The molecule has 1 rings (SSSR count). The lowest BCUT2D eigenvalue weighted by Gasteiger charge is -2.11. The maximum absolute atomic E-state index is 11.6. The molecule has 0 aromatic heterocycles. The summed E-state index contributed by atoms with van der Waals surface area (Å²) < 4.78 is 10.6. The Morgan fingerprint density at radius 3 is 2.79 bits per heavy atom. The van der Waals surface area contributed by atoms with Gasteiger partial charge in [0.2, 0.25) is 5.91 Å². The molecule has 0 aliphatic carbocycles. The van der Waals surface area contributed by atoms with E-state index in [0.717, 1.165) is 17.7 Å². The topological polar surface area (TPSA) is 47.6 Å². The first kappa shape index (κ1) is 15.8. The van der Waals surface area contributed by atoms with Crippen LogP contribution in [0.5, 0.6) is 5.75 Å². The Morgan fingerprint density at radius 1 is 1.37 bits per heavy atom. The van der Waals surface area contributed by atoms with Crippen LogP contribution in [-0.2, 0) is 15.4 Å². The van der Waals surface area contributed by atoms with Crippen molar-refractivity contribution in [1.82, 2.24) is 0 Å². The third-order valence-electron chi connectivity index (χ3n) is 2.37. The number of carbonyl (C=O) groups excluding carboxylic acids is 1. The monoisotopic (exact) mass is 285 g/mol. The number of rotatable bonds is 8. The number of ether oxygens (including phenoxy) is 2. The molecule has 0 unspecified atom stereocenters. The number of hydrogen-bond donors (Lipinski definition) is 1. The fourth-order valence-electron chi connectivity index (χ4n) is 1.56. The molecule has 0 saturated heterocycles. The van der Waals surface area contributed by atoms with Gasteiger partial charge in [0, 0.05) is 17.9 Å². The minimum atomic E-state index is -0.168. The molecule has 0 bridgehead atoms. The fourth-order valence-corrected chi connectivity index (χ4v) is 1.77. The second-order valence-electron chi connectivity index (χ2n) is 3.99. The van der Waals surface area contributed by atoms with E-state index < -0.39 is 0 Å². The molecule has 5 heteroatoms. The van der Waals surface area contributed by atoms with Crippen LogP contribution in [0.15, 0.2) is 18.2 Å². The first-order valence-electron chi connectivity index (χ1n) is 6.40. The van der Waals surface area contributed by atoms with E-state index in [1.54, 1.807) is 6.07 Å². The van der Waals surface area contributed by atoms with Crippen molar-refractivity contribution in [3.8, 4) is 5.75 Å². The number of hydrogen-bond acceptors (Lipinski definition) is 3. The average molecular weight is 286 g/mol. The minimum Gasteiger partial charge on any atom is -0.494 e. The maximum atomic E-state index is 11.6. The highest BCUT2D eigenvalue weighted by molar-refractivity contribution is 6.17. The Morgan fingerprint density at radius 2 is 2.16 bits per heavy atom. The first-order chi connectivity index (χ1) is 9.21. The number of nitrogens with one attached hydrogen (secondary N) is 1. The van der Waals surface area contributed by atoms with E-state index in [1.165, 1.54) is 0 Å². The third kappa shape index (κ3) is 5.49. The van der Waals surface area contributed by atoms with Crippen molar-refractivity contribution in [3.05, 3.63) is 23.8 Å². The molecule has 1 aromatic carbocycles. The predicted molar refractivity (Wildman–Crippen MR) is 76.9 cm³/mol. The van der Waals surface area contributed by atoms with Gasteiger partial charge in [0.05, 0.1) is 12.5 Å². The van der Waals surface area contributed by atoms with Crippen molar-refractivity contribution in [2.75, 3.05) is 25.1 Å². The molecule has 0 spiro atoms. The van der Waals surface area contributed by atoms with Crippen molar-refractivity contribution >= 4 is 23.2 Å². The van der Waals surface area contributed by atoms with Crippen LogP contribution in [-0.4, -0.2) is 25.7 Å². The van der Waals surface area contributed by atoms with Gasteiger partial charge >= 0.3 is 0 Å². The van der Waals surface area contributed by atoms with Gasteiger partial charge < -0.3 is 14.8 Å². The zero-order valence-corrected chi connectivity index (χ0v) is 12.1. The number of carbonyl (C=O) groups is 1. The quantitative estimate of drug-likeness (QED) is 0.589. The van der Waals surface area contributed by atoms with Crippen LogP contribution in [0.25, 0.3) is 0 Å². The summed E-state index contributed by atoms with van der Waals surface area (Å²) in [7, 11) is 0. The van der Waals surface area contributed by atoms with Gasteiger partial charge in [-0.25, -0.2) is 0 Å². The lowest BCUT2D eigenvalue weighted by Crippen LogP contribution is -2.18. The van der Waals surface area contributed by atoms with Gasteiger partial charge in [0.1, 0.15) is 12.4 Å². The van der Waals surface area contributed by atoms with Gasteiger partial charge in [0.15, 0.2) is 0 Å². The number of anilines is 1. The van der Waals surface area contributed by atoms with Gasteiger partial charge in [-0.15, -0.1) is 11.6 Å². The molecule has 0 radical (unpaired) electrons. The lowest BCUT2D eigenvalue weighted by molar-refractivity contribution is -0.120. The smallest absolute Gasteiger partial charge is 0.250 e. The minimum absolute atomic E-state index is 0.0667. The van der Waals surface area contributed by atoms with Crippen LogP contribution in [0.3, 0.4) is 0 Å². The molecule has 0 heterocycles. The normalized spacial score (nSPS) is 10.3. The molecule has 1 N–H and O–H groups in total. The molecule has 19 heavy (non-hydrogen) atoms. The van der Waals surface area contributed by atoms with Crippen molar-refractivity contribution < 1.29 is 14.3 Å².